The van der Waals surface area contributed by atoms with E-state index in [4.69, 9.17) is 44.5 Å². The van der Waals surface area contributed by atoms with Crippen LogP contribution < -0.4 is 10.5 Å². The Bertz CT molecular complexity index is 1580. The molecule has 4 aromatic rings. The fraction of sp³-hybridized carbons (Fsp3) is 0.406. The summed E-state index contributed by atoms with van der Waals surface area (Å²) in [4.78, 5) is 46.8. The largest absolute Gasteiger partial charge is 0.481 e. The molecule has 0 amide bonds. The van der Waals surface area contributed by atoms with Gasteiger partial charge in [-0.05, 0) is 72.7 Å². The number of nitrogens with two attached hydrogens (primary N) is 1. The second-order valence-corrected chi connectivity index (χ2v) is 12.8. The molecule has 0 aliphatic heterocycles. The molecule has 0 spiro atoms. The molecule has 13 heteroatoms. The van der Waals surface area contributed by atoms with Crippen LogP contribution in [0.4, 0.5) is 5.82 Å². The Balaban J connectivity index is 1.21. The fourth-order valence-corrected chi connectivity index (χ4v) is 5.25. The SMILES string of the molecule is Cc1cc(OCCOCCOCCOCC[PH](O)(O)O)ccc1CCc1cnc2c(N)nc3cc(CCC(=O)O)ccc3c2c1. The zero-order valence-electron chi connectivity index (χ0n) is 25.4. The third-order valence-corrected chi connectivity index (χ3v) is 8.10. The number of ether oxygens (including phenoxy) is 4. The molecule has 4 rings (SSSR count). The van der Waals surface area contributed by atoms with Crippen LogP contribution in [0.5, 0.6) is 5.75 Å². The summed E-state index contributed by atoms with van der Waals surface area (Å²) in [5.41, 5.74) is 12.0. The van der Waals surface area contributed by atoms with Crippen molar-refractivity contribution < 1.29 is 43.5 Å². The summed E-state index contributed by atoms with van der Waals surface area (Å²) in [6.07, 6.45) is 3.81. The topological polar surface area (TPSA) is 187 Å². The summed E-state index contributed by atoms with van der Waals surface area (Å²) in [5, 5.41) is 10.9. The molecule has 6 N–H and O–H groups in total. The van der Waals surface area contributed by atoms with Crippen molar-refractivity contribution in [3.05, 3.63) is 70.9 Å². The predicted molar refractivity (Wildman–Crippen MR) is 174 cm³/mol. The number of nitrogens with zero attached hydrogens (tertiary/aromatic N) is 2. The van der Waals surface area contributed by atoms with Gasteiger partial charge in [0.05, 0.1) is 5.52 Å². The van der Waals surface area contributed by atoms with Crippen LogP contribution >= 0.6 is 7.94 Å². The van der Waals surface area contributed by atoms with Crippen molar-refractivity contribution in [1.29, 1.82) is 0 Å². The predicted octanol–water partition coefficient (Wildman–Crippen LogP) is 3.38. The number of anilines is 1. The summed E-state index contributed by atoms with van der Waals surface area (Å²) in [7, 11) is -4.04. The molecule has 0 saturated heterocycles. The van der Waals surface area contributed by atoms with Gasteiger partial charge in [0, 0.05) is 23.4 Å². The van der Waals surface area contributed by atoms with Gasteiger partial charge in [0.1, 0.15) is 11.3 Å². The van der Waals surface area contributed by atoms with E-state index >= 15 is 0 Å². The van der Waals surface area contributed by atoms with Gasteiger partial charge in [-0.2, -0.15) is 0 Å². The van der Waals surface area contributed by atoms with Crippen LogP contribution in [0.1, 0.15) is 28.7 Å². The van der Waals surface area contributed by atoms with Crippen molar-refractivity contribution in [2.75, 3.05) is 58.1 Å². The molecule has 45 heavy (non-hydrogen) atoms. The van der Waals surface area contributed by atoms with Crippen molar-refractivity contribution >= 4 is 41.5 Å². The molecule has 0 aliphatic carbocycles. The van der Waals surface area contributed by atoms with Gasteiger partial charge in [0.25, 0.3) is 0 Å². The van der Waals surface area contributed by atoms with E-state index in [1.54, 1.807) is 0 Å². The van der Waals surface area contributed by atoms with Gasteiger partial charge in [-0.25, -0.2) is 4.98 Å². The number of fused-ring (bicyclic) bond motifs is 3. The molecule has 0 aliphatic rings. The molecule has 2 aromatic heterocycles. The molecule has 0 fully saturated rings. The van der Waals surface area contributed by atoms with Crippen molar-refractivity contribution in [2.24, 2.45) is 0 Å². The van der Waals surface area contributed by atoms with Gasteiger partial charge in [0.2, 0.25) is 0 Å². The number of aliphatic carboxylic acids is 1. The molecular formula is C32H42N3O9P. The number of rotatable bonds is 19. The number of pyridine rings is 2. The van der Waals surface area contributed by atoms with E-state index in [1.165, 1.54) is 5.56 Å². The maximum atomic E-state index is 11.0. The number of carboxylic acid groups (broad SMARTS) is 1. The van der Waals surface area contributed by atoms with Gasteiger partial charge < -0.3 is 10.8 Å². The van der Waals surface area contributed by atoms with E-state index < -0.39 is 13.9 Å². The van der Waals surface area contributed by atoms with E-state index in [1.807, 2.05) is 36.5 Å². The van der Waals surface area contributed by atoms with Gasteiger partial charge in [-0.1, -0.05) is 18.2 Å². The zero-order chi connectivity index (χ0) is 32.2. The Kier molecular flexibility index (Phi) is 12.8. The third-order valence-electron chi connectivity index (χ3n) is 7.23. The standard InChI is InChI=1S/C32H42N3O9P/c1-22-18-26(44-15-14-42-11-10-41-12-13-43-16-17-45(38,39)40)7-6-25(22)5-2-24-19-28-27-8-3-23(4-9-30(36)37)20-29(27)35-32(33)31(28)34-21-24/h3,6-8,18-21,38-40,45H,2,4-5,9-17H2,1H3,(H2,33,35)(H,36,37). The zero-order valence-corrected chi connectivity index (χ0v) is 26.4. The van der Waals surface area contributed by atoms with E-state index in [-0.39, 0.29) is 19.2 Å². The number of benzene rings is 2. The summed E-state index contributed by atoms with van der Waals surface area (Å²) in [6, 6.07) is 14.0. The Morgan fingerprint density at radius 3 is 2.22 bits per heavy atom. The van der Waals surface area contributed by atoms with Crippen LogP contribution in [0.2, 0.25) is 0 Å². The number of aromatic nitrogens is 2. The Morgan fingerprint density at radius 2 is 1.53 bits per heavy atom. The molecule has 0 atom stereocenters. The Labute approximate surface area is 262 Å². The van der Waals surface area contributed by atoms with Crippen LogP contribution in [0.15, 0.2) is 48.7 Å². The van der Waals surface area contributed by atoms with E-state index in [2.05, 4.69) is 29.0 Å². The smallest absolute Gasteiger partial charge is 0.303 e. The molecule has 2 aromatic carbocycles. The van der Waals surface area contributed by atoms with E-state index in [9.17, 15) is 4.79 Å². The second-order valence-electron chi connectivity index (χ2n) is 10.8. The van der Waals surface area contributed by atoms with Crippen molar-refractivity contribution in [3.63, 3.8) is 0 Å². The van der Waals surface area contributed by atoms with Gasteiger partial charge in [0.15, 0.2) is 5.82 Å². The maximum Gasteiger partial charge on any atom is 0.303 e. The van der Waals surface area contributed by atoms with Gasteiger partial charge in [-0.15, -0.1) is 0 Å². The van der Waals surface area contributed by atoms with Crippen molar-refractivity contribution in [3.8, 4) is 5.75 Å². The molecular weight excluding hydrogens is 601 g/mol. The fourth-order valence-electron chi connectivity index (χ4n) is 4.83. The number of carbonyl (C=O) groups is 1. The average molecular weight is 644 g/mol. The number of hydrogen-bond acceptors (Lipinski definition) is 11. The van der Waals surface area contributed by atoms with Crippen LogP contribution in [-0.2, 0) is 38.3 Å². The monoisotopic (exact) mass is 643 g/mol. The van der Waals surface area contributed by atoms with Crippen LogP contribution in [0.3, 0.4) is 0 Å². The molecule has 0 unspecified atom stereocenters. The molecule has 2 heterocycles. The number of hydrogen-bond donors (Lipinski definition) is 5. The number of aryl methyl sites for hydroxylation is 4. The van der Waals surface area contributed by atoms with Gasteiger partial charge in [-0.3, -0.25) is 9.78 Å². The minimum absolute atomic E-state index is 0.0622. The first kappa shape index (κ1) is 34.4. The number of nitrogen functional groups attached to an aromatic ring is 1. The molecule has 0 radical (unpaired) electrons. The summed E-state index contributed by atoms with van der Waals surface area (Å²) in [6.45, 7) is 4.43. The Hall–Kier alpha value is -3.48. The van der Waals surface area contributed by atoms with Crippen molar-refractivity contribution in [2.45, 2.75) is 32.6 Å². The Morgan fingerprint density at radius 1 is 0.822 bits per heavy atom. The first-order valence-corrected chi connectivity index (χ1v) is 16.9. The second kappa shape index (κ2) is 16.7. The van der Waals surface area contributed by atoms with E-state index in [0.29, 0.717) is 57.4 Å². The minimum Gasteiger partial charge on any atom is -0.481 e. The van der Waals surface area contributed by atoms with Crippen molar-refractivity contribution in [1.82, 2.24) is 9.97 Å². The summed E-state index contributed by atoms with van der Waals surface area (Å²) >= 11 is 0. The van der Waals surface area contributed by atoms with Crippen LogP contribution in [0, 0.1) is 6.92 Å². The maximum absolute atomic E-state index is 11.0. The molecule has 0 bridgehead atoms. The van der Waals surface area contributed by atoms with E-state index in [0.717, 1.165) is 51.6 Å². The first-order chi connectivity index (χ1) is 21.6. The quantitative estimate of drug-likeness (QED) is 0.0571. The third kappa shape index (κ3) is 11.1. The molecule has 0 saturated carbocycles. The normalized spacial score (nSPS) is 12.2. The first-order valence-electron chi connectivity index (χ1n) is 14.9. The molecule has 244 valence electrons. The molecule has 12 nitrogen and oxygen atoms in total. The summed E-state index contributed by atoms with van der Waals surface area (Å²) < 4.78 is 21.9. The van der Waals surface area contributed by atoms with Crippen LogP contribution in [0.25, 0.3) is 21.8 Å². The average Bonchev–Trinajstić information content (AvgIpc) is 2.99. The van der Waals surface area contributed by atoms with Gasteiger partial charge >= 0.3 is 100.0 Å². The summed E-state index contributed by atoms with van der Waals surface area (Å²) in [5.74, 6) is 0.297. The van der Waals surface area contributed by atoms with Crippen LogP contribution in [-0.4, -0.2) is 88.1 Å². The minimum atomic E-state index is -4.04. The number of carboxylic acids is 1.